The van der Waals surface area contributed by atoms with Crippen LogP contribution in [0.25, 0.3) is 67.4 Å². The van der Waals surface area contributed by atoms with Gasteiger partial charge in [0.25, 0.3) is 0 Å². The number of aromatic nitrogens is 4. The highest BCUT2D eigenvalue weighted by atomic mass is 79.9. The summed E-state index contributed by atoms with van der Waals surface area (Å²) in [5.74, 6) is 3.70. The monoisotopic (exact) mass is 986 g/mol. The maximum Gasteiger partial charge on any atom is 0.248 e. The number of hydrogen-bond donors (Lipinski definition) is 0. The molecule has 0 radical (unpaired) electrons. The lowest BCUT2D eigenvalue weighted by molar-refractivity contribution is 0.300. The van der Waals surface area contributed by atoms with E-state index < -0.39 is 0 Å². The Morgan fingerprint density at radius 3 is 1.17 bits per heavy atom. The predicted octanol–water partition coefficient (Wildman–Crippen LogP) is 15.6. The molecule has 7 aromatic carbocycles. The summed E-state index contributed by atoms with van der Waals surface area (Å²) in [5, 5.41) is 22.4. The summed E-state index contributed by atoms with van der Waals surface area (Å²) < 4.78 is 26.5. The molecular weight excluding hydrogens is 940 g/mol. The Kier molecular flexibility index (Phi) is 12.9. The van der Waals surface area contributed by atoms with Gasteiger partial charge in [-0.05, 0) is 155 Å². The molecular formula is C55H48Br2N4O4. The van der Waals surface area contributed by atoms with Crippen molar-refractivity contribution >= 4 is 53.4 Å². The van der Waals surface area contributed by atoms with Crippen molar-refractivity contribution in [3.05, 3.63) is 166 Å². The molecule has 2 aromatic heterocycles. The van der Waals surface area contributed by atoms with Crippen LogP contribution in [0.4, 0.5) is 0 Å². The molecule has 326 valence electrons. The van der Waals surface area contributed by atoms with Gasteiger partial charge >= 0.3 is 0 Å². The Morgan fingerprint density at radius 2 is 0.769 bits per heavy atom. The van der Waals surface area contributed by atoms with Gasteiger partial charge in [-0.3, -0.25) is 0 Å². The van der Waals surface area contributed by atoms with Crippen LogP contribution in [0.1, 0.15) is 75.3 Å². The molecule has 0 saturated heterocycles. The molecule has 0 spiro atoms. The third-order valence-corrected chi connectivity index (χ3v) is 13.5. The standard InChI is InChI=1S/C55H48Br2N4O4/c56-43-33-41-19-20-42-34-44(57)36-48-50(42)49(41)47(35-43)55(48,29-11-1-3-13-31-62-45-25-21-39(22-26-45)53-60-58-51(64-53)37-15-7-5-8-16-37)30-12-2-4-14-32-63-46-27-23-40(24-28-46)54-61-59-52(65-54)38-17-9-6-10-18-38/h5-10,15-28,33-36H,1-4,11-14,29-32H2. The molecule has 0 saturated carbocycles. The first-order chi connectivity index (χ1) is 32.0. The minimum Gasteiger partial charge on any atom is -0.494 e. The summed E-state index contributed by atoms with van der Waals surface area (Å²) in [5.41, 5.74) is 6.45. The molecule has 0 amide bonds. The van der Waals surface area contributed by atoms with Gasteiger partial charge in [-0.25, -0.2) is 0 Å². The third kappa shape index (κ3) is 9.38. The van der Waals surface area contributed by atoms with Gasteiger partial charge in [0.15, 0.2) is 0 Å². The fourth-order valence-corrected chi connectivity index (χ4v) is 10.4. The molecule has 10 heteroatoms. The van der Waals surface area contributed by atoms with Crippen molar-refractivity contribution in [3.8, 4) is 57.3 Å². The Bertz CT molecular complexity index is 2820. The van der Waals surface area contributed by atoms with Crippen molar-refractivity contribution in [1.29, 1.82) is 0 Å². The normalized spacial score (nSPS) is 12.7. The van der Waals surface area contributed by atoms with Gasteiger partial charge in [-0.15, -0.1) is 20.4 Å². The van der Waals surface area contributed by atoms with Gasteiger partial charge in [0.05, 0.1) is 13.2 Å². The lowest BCUT2D eigenvalue weighted by Crippen LogP contribution is -2.26. The fourth-order valence-electron chi connectivity index (χ4n) is 9.43. The van der Waals surface area contributed by atoms with E-state index in [0.29, 0.717) is 36.8 Å². The van der Waals surface area contributed by atoms with Gasteiger partial charge in [-0.1, -0.05) is 119 Å². The summed E-state index contributed by atoms with van der Waals surface area (Å²) >= 11 is 7.81. The minimum atomic E-state index is -0.0509. The van der Waals surface area contributed by atoms with E-state index in [1.807, 2.05) is 109 Å². The second kappa shape index (κ2) is 19.6. The van der Waals surface area contributed by atoms with Crippen LogP contribution in [0, 0.1) is 0 Å². The number of benzene rings is 7. The van der Waals surface area contributed by atoms with Crippen LogP contribution in [0.15, 0.2) is 163 Å². The highest BCUT2D eigenvalue weighted by molar-refractivity contribution is 9.10. The van der Waals surface area contributed by atoms with Crippen molar-refractivity contribution in [2.24, 2.45) is 0 Å². The molecule has 0 unspecified atom stereocenters. The zero-order valence-electron chi connectivity index (χ0n) is 36.0. The number of unbranched alkanes of at least 4 members (excludes halogenated alkanes) is 6. The van der Waals surface area contributed by atoms with Crippen molar-refractivity contribution < 1.29 is 18.3 Å². The van der Waals surface area contributed by atoms with Crippen LogP contribution in [-0.4, -0.2) is 33.6 Å². The lowest BCUT2D eigenvalue weighted by Gasteiger charge is -2.33. The number of halogens is 2. The molecule has 0 N–H and O–H groups in total. The number of hydrogen-bond acceptors (Lipinski definition) is 8. The van der Waals surface area contributed by atoms with Gasteiger partial charge < -0.3 is 18.3 Å². The van der Waals surface area contributed by atoms with E-state index in [1.54, 1.807) is 0 Å². The maximum absolute atomic E-state index is 6.18. The largest absolute Gasteiger partial charge is 0.494 e. The summed E-state index contributed by atoms with van der Waals surface area (Å²) in [4.78, 5) is 0. The topological polar surface area (TPSA) is 96.3 Å². The molecule has 9 aromatic rings. The van der Waals surface area contributed by atoms with Crippen LogP contribution in [-0.2, 0) is 5.41 Å². The maximum atomic E-state index is 6.18. The molecule has 1 aliphatic carbocycles. The Labute approximate surface area is 395 Å². The lowest BCUT2D eigenvalue weighted by atomic mass is 9.70. The van der Waals surface area contributed by atoms with E-state index >= 15 is 0 Å². The SMILES string of the molecule is Brc1cc2c3c(ccc4cc(Br)cc(c43)C2(CCCCCCOc2ccc(-c3nnc(-c4ccccc4)o3)cc2)CCCCCCOc2ccc(-c3nnc(-c4ccccc4)o3)cc2)c1. The number of rotatable bonds is 20. The van der Waals surface area contributed by atoms with Gasteiger partial charge in [-0.2, -0.15) is 0 Å². The zero-order chi connectivity index (χ0) is 44.0. The second-order valence-corrected chi connectivity index (χ2v) is 18.7. The molecule has 0 fully saturated rings. The van der Waals surface area contributed by atoms with E-state index in [2.05, 4.69) is 88.7 Å². The molecule has 2 heterocycles. The molecule has 0 atom stereocenters. The van der Waals surface area contributed by atoms with Gasteiger partial charge in [0.1, 0.15) is 11.5 Å². The highest BCUT2D eigenvalue weighted by Crippen LogP contribution is 2.55. The van der Waals surface area contributed by atoms with Crippen molar-refractivity contribution in [1.82, 2.24) is 20.4 Å². The molecule has 10 rings (SSSR count). The van der Waals surface area contributed by atoms with Crippen LogP contribution in [0.3, 0.4) is 0 Å². The molecule has 8 nitrogen and oxygen atoms in total. The highest BCUT2D eigenvalue weighted by Gasteiger charge is 2.41. The average molecular weight is 989 g/mol. The summed E-state index contributed by atoms with van der Waals surface area (Å²) in [6, 6.07) is 49.4. The Hall–Kier alpha value is -6.10. The van der Waals surface area contributed by atoms with E-state index in [1.165, 1.54) is 32.7 Å². The van der Waals surface area contributed by atoms with E-state index in [4.69, 9.17) is 18.3 Å². The van der Waals surface area contributed by atoms with Crippen LogP contribution in [0.5, 0.6) is 11.5 Å². The zero-order valence-corrected chi connectivity index (χ0v) is 39.2. The number of nitrogens with zero attached hydrogens (tertiary/aromatic N) is 4. The van der Waals surface area contributed by atoms with Crippen molar-refractivity contribution in [3.63, 3.8) is 0 Å². The molecule has 0 aliphatic heterocycles. The van der Waals surface area contributed by atoms with E-state index in [9.17, 15) is 0 Å². The predicted molar refractivity (Wildman–Crippen MR) is 265 cm³/mol. The Morgan fingerprint density at radius 1 is 0.400 bits per heavy atom. The number of ether oxygens (including phenoxy) is 2. The smallest absolute Gasteiger partial charge is 0.248 e. The van der Waals surface area contributed by atoms with Crippen LogP contribution >= 0.6 is 31.9 Å². The quantitative estimate of drug-likeness (QED) is 0.0550. The summed E-state index contributed by atoms with van der Waals surface area (Å²) in [6.45, 7) is 1.36. The van der Waals surface area contributed by atoms with Crippen molar-refractivity contribution in [2.75, 3.05) is 13.2 Å². The first kappa shape index (κ1) is 42.8. The fraction of sp³-hybridized carbons (Fsp3) is 0.236. The van der Waals surface area contributed by atoms with Crippen molar-refractivity contribution in [2.45, 2.75) is 69.6 Å². The van der Waals surface area contributed by atoms with Gasteiger partial charge in [0.2, 0.25) is 23.6 Å². The Balaban J connectivity index is 0.727. The summed E-state index contributed by atoms with van der Waals surface area (Å²) in [6.07, 6.45) is 11.0. The average Bonchev–Trinajstić information content (AvgIpc) is 4.10. The summed E-state index contributed by atoms with van der Waals surface area (Å²) in [7, 11) is 0. The van der Waals surface area contributed by atoms with Gasteiger partial charge in [0, 0.05) is 36.6 Å². The molecule has 0 bridgehead atoms. The molecule has 1 aliphatic rings. The van der Waals surface area contributed by atoms with Crippen LogP contribution < -0.4 is 9.47 Å². The first-order valence-corrected chi connectivity index (χ1v) is 24.2. The minimum absolute atomic E-state index is 0.0509. The van der Waals surface area contributed by atoms with Crippen LogP contribution in [0.2, 0.25) is 0 Å². The van der Waals surface area contributed by atoms with E-state index in [0.717, 1.165) is 107 Å². The molecule has 65 heavy (non-hydrogen) atoms. The first-order valence-electron chi connectivity index (χ1n) is 22.6. The second-order valence-electron chi connectivity index (χ2n) is 16.9. The third-order valence-electron chi connectivity index (χ3n) is 12.6. The van der Waals surface area contributed by atoms with E-state index in [-0.39, 0.29) is 5.41 Å².